The lowest BCUT2D eigenvalue weighted by Gasteiger charge is -2.42. The summed E-state index contributed by atoms with van der Waals surface area (Å²) in [5.41, 5.74) is 0.755. The lowest BCUT2D eigenvalue weighted by molar-refractivity contribution is 0.0122. The van der Waals surface area contributed by atoms with Crippen molar-refractivity contribution in [1.29, 1.82) is 0 Å². The molecule has 116 valence electrons. The largest absolute Gasteiger partial charge is 0.445 e. The molecule has 1 saturated heterocycles. The maximum Gasteiger partial charge on any atom is 0.410 e. The standard InChI is InChI=1S/C16H24N2O3/c1-16(2,13-19)18-10-8-17(9-11-18)15(20)21-12-14-6-4-3-5-7-14/h3-7,19H,8-13H2,1-2H3. The Balaban J connectivity index is 1.78. The van der Waals surface area contributed by atoms with Crippen molar-refractivity contribution in [3.8, 4) is 0 Å². The number of hydrogen-bond donors (Lipinski definition) is 1. The Bertz CT molecular complexity index is 454. The molecule has 1 aromatic carbocycles. The van der Waals surface area contributed by atoms with Crippen molar-refractivity contribution >= 4 is 6.09 Å². The summed E-state index contributed by atoms with van der Waals surface area (Å²) in [6, 6.07) is 9.68. The highest BCUT2D eigenvalue weighted by Crippen LogP contribution is 2.16. The monoisotopic (exact) mass is 292 g/mol. The lowest BCUT2D eigenvalue weighted by Crippen LogP contribution is -2.57. The normalized spacial score (nSPS) is 16.8. The van der Waals surface area contributed by atoms with Gasteiger partial charge in [-0.15, -0.1) is 0 Å². The number of aliphatic hydroxyl groups excluding tert-OH is 1. The second-order valence-corrected chi connectivity index (χ2v) is 5.98. The van der Waals surface area contributed by atoms with Gasteiger partial charge in [-0.1, -0.05) is 30.3 Å². The number of hydrogen-bond acceptors (Lipinski definition) is 4. The maximum atomic E-state index is 12.0. The highest BCUT2D eigenvalue weighted by atomic mass is 16.6. The minimum atomic E-state index is -0.264. The molecule has 0 saturated carbocycles. The molecule has 0 atom stereocenters. The smallest absolute Gasteiger partial charge is 0.410 e. The van der Waals surface area contributed by atoms with Crippen LogP contribution in [0.3, 0.4) is 0 Å². The van der Waals surface area contributed by atoms with E-state index in [0.717, 1.165) is 18.7 Å². The predicted octanol–water partition coefficient (Wildman–Crippen LogP) is 1.71. The van der Waals surface area contributed by atoms with Crippen molar-refractivity contribution in [2.24, 2.45) is 0 Å². The van der Waals surface area contributed by atoms with Gasteiger partial charge in [0.2, 0.25) is 0 Å². The molecule has 1 N–H and O–H groups in total. The number of benzene rings is 1. The topological polar surface area (TPSA) is 53.0 Å². The second kappa shape index (κ2) is 6.91. The van der Waals surface area contributed by atoms with Crippen molar-refractivity contribution in [2.45, 2.75) is 26.0 Å². The number of aliphatic hydroxyl groups is 1. The molecular weight excluding hydrogens is 268 g/mol. The Morgan fingerprint density at radius 3 is 2.38 bits per heavy atom. The van der Waals surface area contributed by atoms with E-state index in [-0.39, 0.29) is 18.2 Å². The van der Waals surface area contributed by atoms with E-state index in [4.69, 9.17) is 4.74 Å². The molecule has 1 aliphatic rings. The van der Waals surface area contributed by atoms with Gasteiger partial charge in [-0.3, -0.25) is 4.90 Å². The molecule has 1 amide bonds. The van der Waals surface area contributed by atoms with E-state index in [0.29, 0.717) is 19.7 Å². The number of nitrogens with zero attached hydrogens (tertiary/aromatic N) is 2. The second-order valence-electron chi connectivity index (χ2n) is 5.98. The van der Waals surface area contributed by atoms with E-state index >= 15 is 0 Å². The predicted molar refractivity (Wildman–Crippen MR) is 80.9 cm³/mol. The Kier molecular flexibility index (Phi) is 5.20. The first-order valence-corrected chi connectivity index (χ1v) is 7.34. The quantitative estimate of drug-likeness (QED) is 0.918. The summed E-state index contributed by atoms with van der Waals surface area (Å²) in [6.07, 6.45) is -0.264. The number of piperazine rings is 1. The van der Waals surface area contributed by atoms with E-state index < -0.39 is 0 Å². The third kappa shape index (κ3) is 4.19. The van der Waals surface area contributed by atoms with Gasteiger partial charge in [0.25, 0.3) is 0 Å². The summed E-state index contributed by atoms with van der Waals surface area (Å²) in [7, 11) is 0. The number of amides is 1. The Morgan fingerprint density at radius 1 is 1.19 bits per heavy atom. The van der Waals surface area contributed by atoms with Gasteiger partial charge in [0.1, 0.15) is 6.61 Å². The van der Waals surface area contributed by atoms with Gasteiger partial charge < -0.3 is 14.7 Å². The van der Waals surface area contributed by atoms with Gasteiger partial charge in [0.15, 0.2) is 0 Å². The highest BCUT2D eigenvalue weighted by molar-refractivity contribution is 5.67. The van der Waals surface area contributed by atoms with Crippen LogP contribution in [0.4, 0.5) is 4.79 Å². The van der Waals surface area contributed by atoms with E-state index in [1.807, 2.05) is 44.2 Å². The fraction of sp³-hybridized carbons (Fsp3) is 0.562. The summed E-state index contributed by atoms with van der Waals surface area (Å²) in [6.45, 7) is 7.23. The zero-order valence-corrected chi connectivity index (χ0v) is 12.8. The fourth-order valence-corrected chi connectivity index (χ4v) is 2.40. The summed E-state index contributed by atoms with van der Waals surface area (Å²) < 4.78 is 5.33. The average Bonchev–Trinajstić information content (AvgIpc) is 2.53. The first kappa shape index (κ1) is 15.8. The van der Waals surface area contributed by atoms with Gasteiger partial charge >= 0.3 is 6.09 Å². The summed E-state index contributed by atoms with van der Waals surface area (Å²) in [5.74, 6) is 0. The van der Waals surface area contributed by atoms with Crippen LogP contribution in [-0.4, -0.2) is 59.3 Å². The molecule has 1 heterocycles. The molecule has 5 heteroatoms. The minimum Gasteiger partial charge on any atom is -0.445 e. The zero-order valence-electron chi connectivity index (χ0n) is 12.8. The summed E-state index contributed by atoms with van der Waals surface area (Å²) in [4.78, 5) is 16.0. The molecule has 0 radical (unpaired) electrons. The molecule has 0 unspecified atom stereocenters. The Labute approximate surface area is 126 Å². The summed E-state index contributed by atoms with van der Waals surface area (Å²) in [5, 5.41) is 9.38. The van der Waals surface area contributed by atoms with Crippen molar-refractivity contribution in [3.63, 3.8) is 0 Å². The van der Waals surface area contributed by atoms with Crippen LogP contribution in [0.5, 0.6) is 0 Å². The maximum absolute atomic E-state index is 12.0. The first-order valence-electron chi connectivity index (χ1n) is 7.34. The van der Waals surface area contributed by atoms with Crippen LogP contribution in [0.25, 0.3) is 0 Å². The van der Waals surface area contributed by atoms with Crippen LogP contribution in [-0.2, 0) is 11.3 Å². The van der Waals surface area contributed by atoms with Crippen molar-refractivity contribution in [2.75, 3.05) is 32.8 Å². The van der Waals surface area contributed by atoms with Crippen molar-refractivity contribution < 1.29 is 14.6 Å². The van der Waals surface area contributed by atoms with Gasteiger partial charge in [-0.25, -0.2) is 4.79 Å². The molecule has 0 spiro atoms. The van der Waals surface area contributed by atoms with Crippen molar-refractivity contribution in [3.05, 3.63) is 35.9 Å². The molecule has 21 heavy (non-hydrogen) atoms. The van der Waals surface area contributed by atoms with Crippen LogP contribution in [0.1, 0.15) is 19.4 Å². The highest BCUT2D eigenvalue weighted by Gasteiger charge is 2.31. The average molecular weight is 292 g/mol. The Hall–Kier alpha value is -1.59. The van der Waals surface area contributed by atoms with Gasteiger partial charge in [0.05, 0.1) is 6.61 Å². The zero-order chi connectivity index (χ0) is 15.3. The molecule has 5 nitrogen and oxygen atoms in total. The molecular formula is C16H24N2O3. The third-order valence-corrected chi connectivity index (χ3v) is 3.99. The third-order valence-electron chi connectivity index (χ3n) is 3.99. The molecule has 0 aliphatic carbocycles. The van der Waals surface area contributed by atoms with E-state index in [9.17, 15) is 9.90 Å². The Morgan fingerprint density at radius 2 is 1.81 bits per heavy atom. The number of carbonyl (C=O) groups excluding carboxylic acids is 1. The summed E-state index contributed by atoms with van der Waals surface area (Å²) >= 11 is 0. The van der Waals surface area contributed by atoms with Crippen LogP contribution in [0, 0.1) is 0 Å². The van der Waals surface area contributed by atoms with Gasteiger partial charge in [-0.2, -0.15) is 0 Å². The molecule has 0 aromatic heterocycles. The van der Waals surface area contributed by atoms with E-state index in [1.54, 1.807) is 4.90 Å². The SMILES string of the molecule is CC(C)(CO)N1CCN(C(=O)OCc2ccccc2)CC1. The number of carbonyl (C=O) groups is 1. The molecule has 1 fully saturated rings. The van der Waals surface area contributed by atoms with Crippen molar-refractivity contribution in [1.82, 2.24) is 9.80 Å². The minimum absolute atomic E-state index is 0.117. The van der Waals surface area contributed by atoms with Gasteiger partial charge in [-0.05, 0) is 19.4 Å². The molecule has 1 aliphatic heterocycles. The van der Waals surface area contributed by atoms with E-state index in [1.165, 1.54) is 0 Å². The molecule has 1 aromatic rings. The fourth-order valence-electron chi connectivity index (χ4n) is 2.40. The number of rotatable bonds is 4. The number of ether oxygens (including phenoxy) is 1. The van der Waals surface area contributed by atoms with E-state index in [2.05, 4.69) is 4.90 Å². The van der Waals surface area contributed by atoms with Crippen LogP contribution in [0.15, 0.2) is 30.3 Å². The molecule has 2 rings (SSSR count). The van der Waals surface area contributed by atoms with Crippen LogP contribution >= 0.6 is 0 Å². The first-order chi connectivity index (χ1) is 10.0. The van der Waals surface area contributed by atoms with Gasteiger partial charge in [0, 0.05) is 31.7 Å². The lowest BCUT2D eigenvalue weighted by atomic mass is 10.0. The van der Waals surface area contributed by atoms with Crippen LogP contribution in [0.2, 0.25) is 0 Å². The molecule has 0 bridgehead atoms. The van der Waals surface area contributed by atoms with Crippen LogP contribution < -0.4 is 0 Å².